The van der Waals surface area contributed by atoms with Crippen molar-refractivity contribution >= 4 is 0 Å². The Labute approximate surface area is 80.4 Å². The number of hydroxylamine groups is 1. The lowest BCUT2D eigenvalue weighted by atomic mass is 10.0. The largest absolute Gasteiger partial charge is 0.389 e. The summed E-state index contributed by atoms with van der Waals surface area (Å²) in [5, 5.41) is 9.62. The second-order valence-electron chi connectivity index (χ2n) is 4.52. The van der Waals surface area contributed by atoms with Crippen LogP contribution in [0, 0.1) is 0 Å². The topological polar surface area (TPSA) is 41.5 Å². The molecule has 13 heavy (non-hydrogen) atoms. The van der Waals surface area contributed by atoms with E-state index in [1.165, 1.54) is 12.8 Å². The van der Waals surface area contributed by atoms with Crippen molar-refractivity contribution in [2.45, 2.75) is 64.2 Å². The molecule has 0 saturated heterocycles. The van der Waals surface area contributed by atoms with E-state index in [-0.39, 0.29) is 6.04 Å². The molecular formula is C10H21NO2. The Balaban J connectivity index is 2.17. The lowest BCUT2D eigenvalue weighted by Crippen LogP contribution is -2.45. The van der Waals surface area contributed by atoms with E-state index in [9.17, 15) is 5.11 Å². The van der Waals surface area contributed by atoms with Crippen LogP contribution in [0.25, 0.3) is 0 Å². The van der Waals surface area contributed by atoms with E-state index in [2.05, 4.69) is 5.48 Å². The summed E-state index contributed by atoms with van der Waals surface area (Å²) >= 11 is 0. The lowest BCUT2D eigenvalue weighted by molar-refractivity contribution is -0.0829. The van der Waals surface area contributed by atoms with Gasteiger partial charge in [-0.25, -0.2) is 0 Å². The fourth-order valence-electron chi connectivity index (χ4n) is 1.35. The van der Waals surface area contributed by atoms with Crippen molar-refractivity contribution in [1.29, 1.82) is 0 Å². The van der Waals surface area contributed by atoms with Gasteiger partial charge in [0.25, 0.3) is 0 Å². The molecule has 1 aliphatic rings. The molecule has 2 N–H and O–H groups in total. The first-order valence-electron chi connectivity index (χ1n) is 5.13. The van der Waals surface area contributed by atoms with Crippen LogP contribution in [0.5, 0.6) is 0 Å². The van der Waals surface area contributed by atoms with Crippen molar-refractivity contribution in [3.8, 4) is 0 Å². The van der Waals surface area contributed by atoms with Gasteiger partial charge in [0, 0.05) is 0 Å². The molecule has 1 unspecified atom stereocenters. The molecule has 0 radical (unpaired) electrons. The molecule has 3 heteroatoms. The van der Waals surface area contributed by atoms with Gasteiger partial charge < -0.3 is 5.11 Å². The van der Waals surface area contributed by atoms with Crippen LogP contribution >= 0.6 is 0 Å². The minimum absolute atomic E-state index is 0.0342. The van der Waals surface area contributed by atoms with Crippen molar-refractivity contribution in [2.24, 2.45) is 0 Å². The number of hydrogen-bond donors (Lipinski definition) is 2. The molecule has 1 fully saturated rings. The summed E-state index contributed by atoms with van der Waals surface area (Å²) < 4.78 is 0. The van der Waals surface area contributed by atoms with Gasteiger partial charge in [0.05, 0.1) is 17.7 Å². The van der Waals surface area contributed by atoms with E-state index in [0.29, 0.717) is 6.10 Å². The number of hydrogen-bond acceptors (Lipinski definition) is 3. The average molecular weight is 187 g/mol. The molecule has 1 saturated carbocycles. The van der Waals surface area contributed by atoms with Crippen LogP contribution in [0.15, 0.2) is 0 Å². The average Bonchev–Trinajstić information content (AvgIpc) is 2.50. The van der Waals surface area contributed by atoms with Gasteiger partial charge in [0.1, 0.15) is 0 Å². The Kier molecular flexibility index (Phi) is 3.71. The molecule has 0 aliphatic heterocycles. The zero-order valence-corrected chi connectivity index (χ0v) is 8.84. The molecular weight excluding hydrogens is 166 g/mol. The van der Waals surface area contributed by atoms with Gasteiger partial charge in [-0.05, 0) is 33.6 Å². The molecule has 1 aliphatic carbocycles. The Morgan fingerprint density at radius 2 is 1.92 bits per heavy atom. The van der Waals surface area contributed by atoms with Gasteiger partial charge in [-0.1, -0.05) is 12.8 Å². The van der Waals surface area contributed by atoms with Gasteiger partial charge in [-0.3, -0.25) is 4.84 Å². The van der Waals surface area contributed by atoms with E-state index in [1.807, 2.05) is 6.92 Å². The van der Waals surface area contributed by atoms with Crippen LogP contribution < -0.4 is 5.48 Å². The van der Waals surface area contributed by atoms with Crippen molar-refractivity contribution in [3.63, 3.8) is 0 Å². The molecule has 0 aromatic rings. The SMILES string of the molecule is CC(NOC1CCCC1)C(C)(C)O. The molecule has 0 heterocycles. The van der Waals surface area contributed by atoms with Crippen molar-refractivity contribution in [2.75, 3.05) is 0 Å². The Morgan fingerprint density at radius 1 is 1.38 bits per heavy atom. The zero-order chi connectivity index (χ0) is 9.90. The van der Waals surface area contributed by atoms with Crippen LogP contribution in [0.1, 0.15) is 46.5 Å². The number of aliphatic hydroxyl groups is 1. The first-order chi connectivity index (χ1) is 6.00. The molecule has 0 aromatic carbocycles. The van der Waals surface area contributed by atoms with Crippen LogP contribution in [0.2, 0.25) is 0 Å². The highest BCUT2D eigenvalue weighted by Gasteiger charge is 2.24. The zero-order valence-electron chi connectivity index (χ0n) is 8.84. The van der Waals surface area contributed by atoms with Gasteiger partial charge in [-0.2, -0.15) is 5.48 Å². The molecule has 1 rings (SSSR count). The van der Waals surface area contributed by atoms with Gasteiger partial charge >= 0.3 is 0 Å². The lowest BCUT2D eigenvalue weighted by Gasteiger charge is -2.27. The molecule has 3 nitrogen and oxygen atoms in total. The maximum Gasteiger partial charge on any atom is 0.0790 e. The number of rotatable bonds is 4. The smallest absolute Gasteiger partial charge is 0.0790 e. The minimum Gasteiger partial charge on any atom is -0.389 e. The third kappa shape index (κ3) is 3.63. The standard InChI is InChI=1S/C10H21NO2/c1-8(10(2,3)12)11-13-9-6-4-5-7-9/h8-9,11-12H,4-7H2,1-3H3. The van der Waals surface area contributed by atoms with Crippen LogP contribution in [0.3, 0.4) is 0 Å². The summed E-state index contributed by atoms with van der Waals surface area (Å²) in [7, 11) is 0. The van der Waals surface area contributed by atoms with E-state index >= 15 is 0 Å². The van der Waals surface area contributed by atoms with E-state index < -0.39 is 5.60 Å². The fraction of sp³-hybridized carbons (Fsp3) is 1.00. The Morgan fingerprint density at radius 3 is 2.38 bits per heavy atom. The van der Waals surface area contributed by atoms with E-state index in [4.69, 9.17) is 4.84 Å². The molecule has 0 bridgehead atoms. The summed E-state index contributed by atoms with van der Waals surface area (Å²) in [4.78, 5) is 5.48. The van der Waals surface area contributed by atoms with Crippen LogP contribution in [-0.4, -0.2) is 22.9 Å². The highest BCUT2D eigenvalue weighted by Crippen LogP contribution is 2.20. The second kappa shape index (κ2) is 4.40. The van der Waals surface area contributed by atoms with Crippen molar-refractivity contribution in [3.05, 3.63) is 0 Å². The van der Waals surface area contributed by atoms with E-state index in [1.54, 1.807) is 13.8 Å². The molecule has 0 aromatic heterocycles. The maximum atomic E-state index is 9.62. The molecule has 0 amide bonds. The normalized spacial score (nSPS) is 22.2. The third-order valence-electron chi connectivity index (χ3n) is 2.77. The van der Waals surface area contributed by atoms with Crippen LogP contribution in [0.4, 0.5) is 0 Å². The van der Waals surface area contributed by atoms with Crippen molar-refractivity contribution < 1.29 is 9.94 Å². The van der Waals surface area contributed by atoms with Gasteiger partial charge in [0.15, 0.2) is 0 Å². The van der Waals surface area contributed by atoms with Crippen LogP contribution in [-0.2, 0) is 4.84 Å². The summed E-state index contributed by atoms with van der Waals surface area (Å²) in [5.41, 5.74) is 2.19. The summed E-state index contributed by atoms with van der Waals surface area (Å²) in [6.07, 6.45) is 5.17. The summed E-state index contributed by atoms with van der Waals surface area (Å²) in [6.45, 7) is 5.49. The first-order valence-corrected chi connectivity index (χ1v) is 5.13. The first kappa shape index (κ1) is 11.0. The van der Waals surface area contributed by atoms with Crippen molar-refractivity contribution in [1.82, 2.24) is 5.48 Å². The van der Waals surface area contributed by atoms with Gasteiger partial charge in [0.2, 0.25) is 0 Å². The number of nitrogens with one attached hydrogen (secondary N) is 1. The molecule has 0 spiro atoms. The predicted octanol–water partition coefficient (Wildman–Crippen LogP) is 1.61. The second-order valence-corrected chi connectivity index (χ2v) is 4.52. The highest BCUT2D eigenvalue weighted by molar-refractivity contribution is 4.77. The van der Waals surface area contributed by atoms with Gasteiger partial charge in [-0.15, -0.1) is 0 Å². The monoisotopic (exact) mass is 187 g/mol. The predicted molar refractivity (Wildman–Crippen MR) is 52.2 cm³/mol. The molecule has 1 atom stereocenters. The minimum atomic E-state index is -0.724. The summed E-state index contributed by atoms with van der Waals surface area (Å²) in [5.74, 6) is 0. The molecule has 78 valence electrons. The Hall–Kier alpha value is -0.120. The third-order valence-corrected chi connectivity index (χ3v) is 2.77. The quantitative estimate of drug-likeness (QED) is 0.657. The maximum absolute atomic E-state index is 9.62. The van der Waals surface area contributed by atoms with E-state index in [0.717, 1.165) is 12.8 Å². The highest BCUT2D eigenvalue weighted by atomic mass is 16.7. The summed E-state index contributed by atoms with van der Waals surface area (Å²) in [6, 6.07) is -0.0342. The fourth-order valence-corrected chi connectivity index (χ4v) is 1.35. The Bertz CT molecular complexity index is 147.